The molecule has 0 spiro atoms. The van der Waals surface area contributed by atoms with Crippen LogP contribution in [0.3, 0.4) is 0 Å². The van der Waals surface area contributed by atoms with Gasteiger partial charge in [-0.25, -0.2) is 0 Å². The highest BCUT2D eigenvalue weighted by Gasteiger charge is 2.24. The molecule has 0 saturated heterocycles. The van der Waals surface area contributed by atoms with Crippen LogP contribution in [-0.2, 0) is 19.3 Å². The summed E-state index contributed by atoms with van der Waals surface area (Å²) in [6.07, 6.45) is 5.07. The Morgan fingerprint density at radius 2 is 1.82 bits per heavy atom. The van der Waals surface area contributed by atoms with Gasteiger partial charge in [0.2, 0.25) is 0 Å². The Bertz CT molecular complexity index is 652. The molecule has 4 rings (SSSR count). The number of hydrogen-bond donors (Lipinski definition) is 0. The molecule has 0 heterocycles. The molecule has 0 bridgehead atoms. The van der Waals surface area contributed by atoms with Crippen molar-refractivity contribution in [3.8, 4) is 0 Å². The average molecular weight is 222 g/mol. The lowest BCUT2D eigenvalue weighted by Gasteiger charge is -2.18. The minimum atomic E-state index is 0.349. The van der Waals surface area contributed by atoms with Crippen molar-refractivity contribution in [2.24, 2.45) is 0 Å². The number of aryl methyl sites for hydroxylation is 3. The standard InChI is InChI=1S/C16H14O/c17-15-6-2-4-12-13-5-1-3-10-7-8-11(16(10)13)9-14(12)15/h1,3,5,9H,2,4,6-8H2. The first-order valence-corrected chi connectivity index (χ1v) is 6.44. The van der Waals surface area contributed by atoms with Crippen LogP contribution in [0.1, 0.15) is 39.9 Å². The summed E-state index contributed by atoms with van der Waals surface area (Å²) in [7, 11) is 0. The van der Waals surface area contributed by atoms with Gasteiger partial charge >= 0.3 is 0 Å². The van der Waals surface area contributed by atoms with Crippen molar-refractivity contribution < 1.29 is 4.79 Å². The molecule has 17 heavy (non-hydrogen) atoms. The van der Waals surface area contributed by atoms with Crippen LogP contribution >= 0.6 is 0 Å². The first kappa shape index (κ1) is 9.41. The summed E-state index contributed by atoms with van der Waals surface area (Å²) in [4.78, 5) is 12.0. The largest absolute Gasteiger partial charge is 0.294 e. The Morgan fingerprint density at radius 3 is 2.76 bits per heavy atom. The first-order chi connectivity index (χ1) is 8.34. The van der Waals surface area contributed by atoms with Gasteiger partial charge in [-0.2, -0.15) is 0 Å². The fourth-order valence-corrected chi connectivity index (χ4v) is 3.46. The van der Waals surface area contributed by atoms with Crippen LogP contribution in [0, 0.1) is 0 Å². The lowest BCUT2D eigenvalue weighted by Crippen LogP contribution is -2.11. The predicted molar refractivity (Wildman–Crippen MR) is 68.6 cm³/mol. The second-order valence-electron chi connectivity index (χ2n) is 5.18. The SMILES string of the molecule is O=C1CCCc2c1cc1c3c(cccc23)CC1. The van der Waals surface area contributed by atoms with E-state index in [-0.39, 0.29) is 0 Å². The molecule has 2 aromatic rings. The molecule has 0 N–H and O–H groups in total. The monoisotopic (exact) mass is 222 g/mol. The van der Waals surface area contributed by atoms with Crippen molar-refractivity contribution in [1.82, 2.24) is 0 Å². The van der Waals surface area contributed by atoms with Crippen LogP contribution in [0.5, 0.6) is 0 Å². The van der Waals surface area contributed by atoms with E-state index >= 15 is 0 Å². The molecule has 0 saturated carbocycles. The van der Waals surface area contributed by atoms with Gasteiger partial charge < -0.3 is 0 Å². The van der Waals surface area contributed by atoms with Gasteiger partial charge in [-0.1, -0.05) is 18.2 Å². The minimum Gasteiger partial charge on any atom is -0.294 e. The molecule has 0 radical (unpaired) electrons. The van der Waals surface area contributed by atoms with E-state index < -0.39 is 0 Å². The number of benzene rings is 2. The van der Waals surface area contributed by atoms with E-state index in [9.17, 15) is 4.79 Å². The first-order valence-electron chi connectivity index (χ1n) is 6.44. The summed E-state index contributed by atoms with van der Waals surface area (Å²) in [6, 6.07) is 8.75. The number of fused-ring (bicyclic) bond motifs is 2. The molecule has 84 valence electrons. The van der Waals surface area contributed by atoms with Crippen molar-refractivity contribution in [3.05, 3.63) is 46.5 Å². The highest BCUT2D eigenvalue weighted by molar-refractivity contribution is 6.06. The Labute approximate surface area is 100 Å². The van der Waals surface area contributed by atoms with E-state index in [0.717, 1.165) is 37.7 Å². The van der Waals surface area contributed by atoms with Gasteiger partial charge in [0.15, 0.2) is 5.78 Å². The van der Waals surface area contributed by atoms with Crippen LogP contribution in [0.15, 0.2) is 24.3 Å². The Kier molecular flexibility index (Phi) is 1.77. The summed E-state index contributed by atoms with van der Waals surface area (Å²) in [5.74, 6) is 0.349. The zero-order valence-electron chi connectivity index (χ0n) is 9.75. The number of Topliss-reactive ketones (excluding diaryl/α,β-unsaturated/α-hetero) is 1. The molecular formula is C16H14O. The van der Waals surface area contributed by atoms with Gasteiger partial charge in [-0.05, 0) is 59.2 Å². The topological polar surface area (TPSA) is 17.1 Å². The molecule has 2 aliphatic carbocycles. The molecule has 1 nitrogen and oxygen atoms in total. The lowest BCUT2D eigenvalue weighted by molar-refractivity contribution is 0.0973. The van der Waals surface area contributed by atoms with Gasteiger partial charge in [-0.15, -0.1) is 0 Å². The summed E-state index contributed by atoms with van der Waals surface area (Å²) in [5.41, 5.74) is 5.18. The minimum absolute atomic E-state index is 0.349. The maximum absolute atomic E-state index is 12.0. The Morgan fingerprint density at radius 1 is 0.941 bits per heavy atom. The number of hydrogen-bond acceptors (Lipinski definition) is 1. The number of carbonyl (C=O) groups excluding carboxylic acids is 1. The van der Waals surface area contributed by atoms with Crippen LogP contribution in [-0.4, -0.2) is 5.78 Å². The van der Waals surface area contributed by atoms with Crippen molar-refractivity contribution in [1.29, 1.82) is 0 Å². The molecule has 0 unspecified atom stereocenters. The van der Waals surface area contributed by atoms with E-state index in [1.807, 2.05) is 0 Å². The van der Waals surface area contributed by atoms with Crippen molar-refractivity contribution in [3.63, 3.8) is 0 Å². The average Bonchev–Trinajstić information content (AvgIpc) is 2.76. The summed E-state index contributed by atoms with van der Waals surface area (Å²) < 4.78 is 0. The third-order valence-electron chi connectivity index (χ3n) is 4.24. The van der Waals surface area contributed by atoms with Crippen LogP contribution in [0.4, 0.5) is 0 Å². The van der Waals surface area contributed by atoms with Crippen molar-refractivity contribution in [2.75, 3.05) is 0 Å². The second-order valence-corrected chi connectivity index (χ2v) is 5.18. The normalized spacial score (nSPS) is 17.5. The summed E-state index contributed by atoms with van der Waals surface area (Å²) in [5, 5.41) is 2.79. The smallest absolute Gasteiger partial charge is 0.163 e. The maximum atomic E-state index is 12.0. The fourth-order valence-electron chi connectivity index (χ4n) is 3.46. The fraction of sp³-hybridized carbons (Fsp3) is 0.312. The van der Waals surface area contributed by atoms with Crippen molar-refractivity contribution >= 4 is 16.6 Å². The number of ketones is 1. The molecule has 2 aromatic carbocycles. The van der Waals surface area contributed by atoms with Gasteiger partial charge in [0.25, 0.3) is 0 Å². The van der Waals surface area contributed by atoms with Gasteiger partial charge in [-0.3, -0.25) is 4.79 Å². The van der Waals surface area contributed by atoms with E-state index in [4.69, 9.17) is 0 Å². The van der Waals surface area contributed by atoms with Gasteiger partial charge in [0.1, 0.15) is 0 Å². The molecule has 0 aromatic heterocycles. The Hall–Kier alpha value is -1.63. The van der Waals surface area contributed by atoms with E-state index in [2.05, 4.69) is 24.3 Å². The highest BCUT2D eigenvalue weighted by Crippen LogP contribution is 2.37. The molecule has 1 heteroatoms. The third-order valence-corrected chi connectivity index (χ3v) is 4.24. The quantitative estimate of drug-likeness (QED) is 0.667. The molecule has 0 amide bonds. The second kappa shape index (κ2) is 3.19. The van der Waals surface area contributed by atoms with Gasteiger partial charge in [0, 0.05) is 12.0 Å². The maximum Gasteiger partial charge on any atom is 0.163 e. The van der Waals surface area contributed by atoms with Crippen LogP contribution < -0.4 is 0 Å². The zero-order chi connectivity index (χ0) is 11.4. The summed E-state index contributed by atoms with van der Waals surface area (Å²) in [6.45, 7) is 0. The highest BCUT2D eigenvalue weighted by atomic mass is 16.1. The lowest BCUT2D eigenvalue weighted by atomic mass is 9.85. The molecule has 0 atom stereocenters. The molecule has 2 aliphatic rings. The van der Waals surface area contributed by atoms with E-state index in [0.29, 0.717) is 5.78 Å². The molecule has 0 aliphatic heterocycles. The third kappa shape index (κ3) is 1.17. The van der Waals surface area contributed by atoms with Gasteiger partial charge in [0.05, 0.1) is 0 Å². The van der Waals surface area contributed by atoms with Crippen molar-refractivity contribution in [2.45, 2.75) is 32.1 Å². The van der Waals surface area contributed by atoms with Crippen LogP contribution in [0.2, 0.25) is 0 Å². The molecular weight excluding hydrogens is 208 g/mol. The van der Waals surface area contributed by atoms with E-state index in [1.165, 1.54) is 27.5 Å². The number of rotatable bonds is 0. The summed E-state index contributed by atoms with van der Waals surface area (Å²) >= 11 is 0. The zero-order valence-corrected chi connectivity index (χ0v) is 9.75. The van der Waals surface area contributed by atoms with Crippen LogP contribution in [0.25, 0.3) is 10.8 Å². The number of carbonyl (C=O) groups is 1. The molecule has 0 fully saturated rings. The van der Waals surface area contributed by atoms with E-state index in [1.54, 1.807) is 0 Å². The predicted octanol–water partition coefficient (Wildman–Crippen LogP) is 3.46. The Balaban J connectivity index is 2.18.